The Morgan fingerprint density at radius 2 is 1.95 bits per heavy atom. The van der Waals surface area contributed by atoms with Gasteiger partial charge < -0.3 is 25.2 Å². The molecule has 0 aliphatic rings. The van der Waals surface area contributed by atoms with Gasteiger partial charge in [-0.2, -0.15) is 9.78 Å². The van der Waals surface area contributed by atoms with Crippen LogP contribution in [0.2, 0.25) is 0 Å². The first-order valence-electron chi connectivity index (χ1n) is 13.9. The third kappa shape index (κ3) is 7.76. The van der Waals surface area contributed by atoms with E-state index in [-0.39, 0.29) is 17.4 Å². The highest BCUT2D eigenvalue weighted by Gasteiger charge is 2.20. The normalized spacial score (nSPS) is 12.1. The first kappa shape index (κ1) is 30.8. The smallest absolute Gasteiger partial charge is 0.435 e. The van der Waals surface area contributed by atoms with Crippen molar-refractivity contribution in [2.75, 3.05) is 12.4 Å². The van der Waals surface area contributed by atoms with Crippen LogP contribution in [0.1, 0.15) is 46.4 Å². The average molecular weight is 585 g/mol. The van der Waals surface area contributed by atoms with Crippen LogP contribution in [0.5, 0.6) is 11.5 Å². The first-order chi connectivity index (χ1) is 20.5. The molecule has 0 saturated carbocycles. The lowest BCUT2D eigenvalue weighted by Gasteiger charge is -2.19. The van der Waals surface area contributed by atoms with Gasteiger partial charge in [-0.15, -0.1) is 0 Å². The van der Waals surface area contributed by atoms with Crippen LogP contribution in [-0.4, -0.2) is 49.6 Å². The molecule has 224 valence electrons. The number of amides is 1. The number of ether oxygens (including phenoxy) is 2. The standard InChI is InChI=1S/C32H36N6O5/c1-7-9-11-21(34-29(40)10-8-2)13-15-28-36-24-18-27(42-6)26(39)17-23(24)30(37-28)35-22-12-14-25-20(16-22)19-33-38(25)31(41)43-32(3,4)5/h7,9,11-14,16-19,39H,1,8,10,15H2,2-6H3,(H,34,40)(H,35,36,37). The van der Waals surface area contributed by atoms with E-state index in [1.165, 1.54) is 11.8 Å². The minimum atomic E-state index is -0.657. The van der Waals surface area contributed by atoms with Crippen molar-refractivity contribution < 1.29 is 24.2 Å². The minimum absolute atomic E-state index is 0.0566. The lowest BCUT2D eigenvalue weighted by atomic mass is 10.1. The third-order valence-corrected chi connectivity index (χ3v) is 6.12. The Balaban J connectivity index is 1.71. The van der Waals surface area contributed by atoms with E-state index in [9.17, 15) is 14.7 Å². The number of carbonyl (C=O) groups is 2. The van der Waals surface area contributed by atoms with Crippen LogP contribution >= 0.6 is 0 Å². The predicted molar refractivity (Wildman–Crippen MR) is 167 cm³/mol. The van der Waals surface area contributed by atoms with Crippen LogP contribution in [0, 0.1) is 0 Å². The van der Waals surface area contributed by atoms with Gasteiger partial charge in [0.25, 0.3) is 0 Å². The van der Waals surface area contributed by atoms with Crippen LogP contribution in [-0.2, 0) is 16.0 Å². The monoisotopic (exact) mass is 584 g/mol. The Morgan fingerprint density at radius 3 is 2.65 bits per heavy atom. The van der Waals surface area contributed by atoms with E-state index >= 15 is 0 Å². The van der Waals surface area contributed by atoms with Gasteiger partial charge >= 0.3 is 6.09 Å². The van der Waals surface area contributed by atoms with Crippen LogP contribution in [0.15, 0.2) is 73.1 Å². The molecule has 2 aromatic heterocycles. The highest BCUT2D eigenvalue weighted by Crippen LogP contribution is 2.34. The molecule has 0 saturated heterocycles. The third-order valence-electron chi connectivity index (χ3n) is 6.12. The average Bonchev–Trinajstić information content (AvgIpc) is 3.37. The number of methoxy groups -OCH3 is 1. The summed E-state index contributed by atoms with van der Waals surface area (Å²) in [5, 5.41) is 22.2. The second kappa shape index (κ2) is 13.2. The molecule has 0 fully saturated rings. The van der Waals surface area contributed by atoms with E-state index in [4.69, 9.17) is 14.5 Å². The molecule has 2 heterocycles. The molecular weight excluding hydrogens is 548 g/mol. The van der Waals surface area contributed by atoms with Gasteiger partial charge in [0.05, 0.1) is 24.3 Å². The lowest BCUT2D eigenvalue weighted by molar-refractivity contribution is -0.120. The summed E-state index contributed by atoms with van der Waals surface area (Å²) in [5.74, 6) is 1.05. The van der Waals surface area contributed by atoms with Gasteiger partial charge in [-0.3, -0.25) is 4.79 Å². The van der Waals surface area contributed by atoms with Gasteiger partial charge in [0.15, 0.2) is 11.5 Å². The topological polar surface area (TPSA) is 140 Å². The van der Waals surface area contributed by atoms with Crippen molar-refractivity contribution in [1.29, 1.82) is 0 Å². The number of nitrogens with one attached hydrogen (secondary N) is 2. The molecule has 1 amide bonds. The molecule has 0 unspecified atom stereocenters. The zero-order valence-corrected chi connectivity index (χ0v) is 25.0. The number of hydrogen-bond acceptors (Lipinski definition) is 9. The Morgan fingerprint density at radius 1 is 1.16 bits per heavy atom. The molecule has 0 radical (unpaired) electrons. The molecule has 43 heavy (non-hydrogen) atoms. The molecule has 4 rings (SSSR count). The number of anilines is 2. The maximum Gasteiger partial charge on any atom is 0.435 e. The summed E-state index contributed by atoms with van der Waals surface area (Å²) in [6, 6.07) is 8.57. The van der Waals surface area contributed by atoms with E-state index in [0.29, 0.717) is 57.7 Å². The molecular formula is C32H36N6O5. The van der Waals surface area contributed by atoms with Gasteiger partial charge in [-0.1, -0.05) is 31.7 Å². The van der Waals surface area contributed by atoms with Crippen molar-refractivity contribution in [3.05, 3.63) is 78.9 Å². The number of aromatic nitrogens is 4. The number of fused-ring (bicyclic) bond motifs is 2. The summed E-state index contributed by atoms with van der Waals surface area (Å²) in [6.45, 7) is 11.0. The van der Waals surface area contributed by atoms with Gasteiger partial charge in [-0.05, 0) is 57.5 Å². The number of carbonyl (C=O) groups excluding carboxylic acids is 2. The van der Waals surface area contributed by atoms with Gasteiger partial charge in [0, 0.05) is 41.1 Å². The fraction of sp³-hybridized carbons (Fsp3) is 0.281. The summed E-state index contributed by atoms with van der Waals surface area (Å²) in [4.78, 5) is 34.3. The summed E-state index contributed by atoms with van der Waals surface area (Å²) in [6.07, 6.45) is 9.41. The van der Waals surface area contributed by atoms with Crippen molar-refractivity contribution in [1.82, 2.24) is 25.1 Å². The van der Waals surface area contributed by atoms with Crippen LogP contribution in [0.3, 0.4) is 0 Å². The molecule has 0 spiro atoms. The summed E-state index contributed by atoms with van der Waals surface area (Å²) in [5.41, 5.74) is 1.76. The van der Waals surface area contributed by atoms with E-state index < -0.39 is 11.7 Å². The number of rotatable bonds is 10. The molecule has 4 aromatic rings. The van der Waals surface area contributed by atoms with Crippen LogP contribution < -0.4 is 15.4 Å². The predicted octanol–water partition coefficient (Wildman–Crippen LogP) is 6.31. The highest BCUT2D eigenvalue weighted by atomic mass is 16.6. The quantitative estimate of drug-likeness (QED) is 0.183. The van der Waals surface area contributed by atoms with E-state index in [1.54, 1.807) is 69.5 Å². The van der Waals surface area contributed by atoms with Gasteiger partial charge in [0.2, 0.25) is 5.91 Å². The number of nitrogens with zero attached hydrogens (tertiary/aromatic N) is 4. The first-order valence-corrected chi connectivity index (χ1v) is 13.9. The molecule has 0 atom stereocenters. The zero-order chi connectivity index (χ0) is 31.1. The maximum atomic E-state index is 12.6. The molecule has 11 heteroatoms. The number of hydrogen-bond donors (Lipinski definition) is 3. The summed E-state index contributed by atoms with van der Waals surface area (Å²) in [7, 11) is 1.47. The molecule has 0 aliphatic carbocycles. The molecule has 0 aliphatic heterocycles. The lowest BCUT2D eigenvalue weighted by Crippen LogP contribution is -2.27. The minimum Gasteiger partial charge on any atom is -0.504 e. The van der Waals surface area contributed by atoms with Crippen molar-refractivity contribution in [3.8, 4) is 11.5 Å². The number of allylic oxidation sites excluding steroid dienone is 4. The SMILES string of the molecule is C=CC=CC(=CCc1nc(Nc2ccc3c(cnn3C(=O)OC(C)(C)C)c2)c2cc(O)c(OC)cc2n1)NC(=O)CCC. The van der Waals surface area contributed by atoms with Crippen LogP contribution in [0.4, 0.5) is 16.3 Å². The molecule has 3 N–H and O–H groups in total. The molecule has 11 nitrogen and oxygen atoms in total. The molecule has 2 aromatic carbocycles. The summed E-state index contributed by atoms with van der Waals surface area (Å²) < 4.78 is 12.0. The number of phenols is 1. The van der Waals surface area contributed by atoms with E-state index in [2.05, 4.69) is 27.3 Å². The number of phenolic OH excluding ortho intramolecular Hbond substituents is 1. The van der Waals surface area contributed by atoms with Crippen molar-refractivity contribution in [2.45, 2.75) is 52.6 Å². The van der Waals surface area contributed by atoms with Gasteiger partial charge in [-0.25, -0.2) is 14.8 Å². The Labute approximate surface area is 249 Å². The van der Waals surface area contributed by atoms with Crippen molar-refractivity contribution in [2.24, 2.45) is 0 Å². The Kier molecular flexibility index (Phi) is 9.44. The van der Waals surface area contributed by atoms with Crippen LogP contribution in [0.25, 0.3) is 21.8 Å². The largest absolute Gasteiger partial charge is 0.504 e. The van der Waals surface area contributed by atoms with Crippen molar-refractivity contribution >= 4 is 45.3 Å². The Hall–Kier alpha value is -5.19. The number of aromatic hydroxyl groups is 1. The Bertz CT molecular complexity index is 1730. The van der Waals surface area contributed by atoms with E-state index in [1.807, 2.05) is 19.1 Å². The molecule has 0 bridgehead atoms. The highest BCUT2D eigenvalue weighted by molar-refractivity contribution is 5.95. The second-order valence-electron chi connectivity index (χ2n) is 10.7. The van der Waals surface area contributed by atoms with Gasteiger partial charge in [0.1, 0.15) is 17.2 Å². The zero-order valence-electron chi connectivity index (χ0n) is 25.0. The number of benzene rings is 2. The van der Waals surface area contributed by atoms with Crippen molar-refractivity contribution in [3.63, 3.8) is 0 Å². The fourth-order valence-corrected chi connectivity index (χ4v) is 4.23. The second-order valence-corrected chi connectivity index (χ2v) is 10.7. The fourth-order valence-electron chi connectivity index (χ4n) is 4.23. The maximum absolute atomic E-state index is 12.6. The summed E-state index contributed by atoms with van der Waals surface area (Å²) >= 11 is 0. The van der Waals surface area contributed by atoms with E-state index in [0.717, 1.165) is 6.42 Å².